The van der Waals surface area contributed by atoms with Crippen LogP contribution in [0.1, 0.15) is 54.6 Å². The highest BCUT2D eigenvalue weighted by atomic mass is 16.5. The Morgan fingerprint density at radius 1 is 1.32 bits per heavy atom. The molecule has 6 heteroatoms. The van der Waals surface area contributed by atoms with E-state index in [9.17, 15) is 4.79 Å². The van der Waals surface area contributed by atoms with Gasteiger partial charge in [-0.2, -0.15) is 5.10 Å². The van der Waals surface area contributed by atoms with Crippen LogP contribution < -0.4 is 5.32 Å². The standard InChI is InChI=1S/C22H26N4O2/c1-22(2,3)16-8-9-19-18(13-16)20(25-28-19)21(27)24-17-7-4-6-15(12-17)14-26-11-5-10-23-26/h4-7,10-12,16H,8-9,13-14H2,1-3H3,(H,24,27)/t16-/m1/s1. The van der Waals surface area contributed by atoms with Gasteiger partial charge in [-0.15, -0.1) is 0 Å². The number of hydrogen-bond donors (Lipinski definition) is 1. The van der Waals surface area contributed by atoms with Crippen molar-refractivity contribution in [2.24, 2.45) is 11.3 Å². The minimum absolute atomic E-state index is 0.198. The second-order valence-corrected chi connectivity index (χ2v) is 8.60. The highest BCUT2D eigenvalue weighted by molar-refractivity contribution is 6.04. The Bertz CT molecular complexity index is 967. The van der Waals surface area contributed by atoms with Gasteiger partial charge in [0, 0.05) is 30.1 Å². The quantitative estimate of drug-likeness (QED) is 0.734. The fraction of sp³-hybridized carbons (Fsp3) is 0.409. The van der Waals surface area contributed by atoms with Crippen LogP contribution in [0.4, 0.5) is 5.69 Å². The van der Waals surface area contributed by atoms with E-state index in [1.54, 1.807) is 6.20 Å². The third kappa shape index (κ3) is 3.86. The van der Waals surface area contributed by atoms with E-state index in [4.69, 9.17) is 4.52 Å². The second-order valence-electron chi connectivity index (χ2n) is 8.60. The first-order valence-electron chi connectivity index (χ1n) is 9.75. The average molecular weight is 378 g/mol. The number of carbonyl (C=O) groups is 1. The molecule has 146 valence electrons. The summed E-state index contributed by atoms with van der Waals surface area (Å²) in [5, 5.41) is 11.3. The summed E-state index contributed by atoms with van der Waals surface area (Å²) < 4.78 is 7.33. The van der Waals surface area contributed by atoms with Crippen LogP contribution in [0.15, 0.2) is 47.2 Å². The van der Waals surface area contributed by atoms with Gasteiger partial charge in [0.05, 0.1) is 6.54 Å². The summed E-state index contributed by atoms with van der Waals surface area (Å²) in [6.07, 6.45) is 6.42. The lowest BCUT2D eigenvalue weighted by atomic mass is 9.71. The molecule has 28 heavy (non-hydrogen) atoms. The van der Waals surface area contributed by atoms with Crippen LogP contribution in [-0.4, -0.2) is 20.8 Å². The molecule has 0 unspecified atom stereocenters. The smallest absolute Gasteiger partial charge is 0.278 e. The van der Waals surface area contributed by atoms with E-state index < -0.39 is 0 Å². The number of rotatable bonds is 4. The lowest BCUT2D eigenvalue weighted by molar-refractivity contribution is 0.101. The fourth-order valence-electron chi connectivity index (χ4n) is 3.84. The van der Waals surface area contributed by atoms with E-state index in [1.165, 1.54) is 0 Å². The van der Waals surface area contributed by atoms with Gasteiger partial charge in [-0.1, -0.05) is 38.1 Å². The molecular formula is C22H26N4O2. The van der Waals surface area contributed by atoms with Crippen molar-refractivity contribution in [3.63, 3.8) is 0 Å². The van der Waals surface area contributed by atoms with Crippen LogP contribution in [-0.2, 0) is 19.4 Å². The monoisotopic (exact) mass is 378 g/mol. The maximum Gasteiger partial charge on any atom is 0.278 e. The van der Waals surface area contributed by atoms with Gasteiger partial charge in [-0.3, -0.25) is 9.48 Å². The number of nitrogens with zero attached hydrogens (tertiary/aromatic N) is 3. The molecular weight excluding hydrogens is 352 g/mol. The average Bonchev–Trinajstić information content (AvgIpc) is 3.30. The minimum atomic E-state index is -0.212. The molecule has 4 rings (SSSR count). The third-order valence-corrected chi connectivity index (χ3v) is 5.57. The lowest BCUT2D eigenvalue weighted by Crippen LogP contribution is -2.27. The molecule has 2 aromatic heterocycles. The molecule has 1 aromatic carbocycles. The van der Waals surface area contributed by atoms with Gasteiger partial charge in [-0.05, 0) is 47.9 Å². The van der Waals surface area contributed by atoms with Gasteiger partial charge in [0.2, 0.25) is 0 Å². The van der Waals surface area contributed by atoms with Crippen molar-refractivity contribution in [3.8, 4) is 0 Å². The molecule has 0 saturated heterocycles. The molecule has 1 aliphatic carbocycles. The molecule has 1 N–H and O–H groups in total. The van der Waals surface area contributed by atoms with Crippen LogP contribution in [0.25, 0.3) is 0 Å². The number of amides is 1. The number of hydrogen-bond acceptors (Lipinski definition) is 4. The summed E-state index contributed by atoms with van der Waals surface area (Å²) in [5.74, 6) is 1.16. The van der Waals surface area contributed by atoms with E-state index in [0.29, 0.717) is 18.2 Å². The number of nitrogens with one attached hydrogen (secondary N) is 1. The molecule has 0 fully saturated rings. The van der Waals surface area contributed by atoms with Gasteiger partial charge in [0.15, 0.2) is 5.69 Å². The number of fused-ring (bicyclic) bond motifs is 1. The Morgan fingerprint density at radius 2 is 2.18 bits per heavy atom. The Morgan fingerprint density at radius 3 is 2.93 bits per heavy atom. The van der Waals surface area contributed by atoms with Crippen molar-refractivity contribution in [2.75, 3.05) is 5.32 Å². The molecule has 1 aliphatic rings. The molecule has 0 aliphatic heterocycles. The topological polar surface area (TPSA) is 73.0 Å². The number of carbonyl (C=O) groups excluding carboxylic acids is 1. The molecule has 0 bridgehead atoms. The Hall–Kier alpha value is -2.89. The summed E-state index contributed by atoms with van der Waals surface area (Å²) in [6, 6.07) is 9.69. The molecule has 1 atom stereocenters. The molecule has 0 spiro atoms. The normalized spacial score (nSPS) is 16.6. The first-order valence-corrected chi connectivity index (χ1v) is 9.75. The van der Waals surface area contributed by atoms with E-state index in [2.05, 4.69) is 36.3 Å². The van der Waals surface area contributed by atoms with Crippen molar-refractivity contribution in [1.82, 2.24) is 14.9 Å². The first kappa shape index (κ1) is 18.5. The number of anilines is 1. The molecule has 0 saturated carbocycles. The summed E-state index contributed by atoms with van der Waals surface area (Å²) in [5.41, 5.74) is 3.40. The van der Waals surface area contributed by atoms with Crippen LogP contribution in [0, 0.1) is 11.3 Å². The number of aromatic nitrogens is 3. The van der Waals surface area contributed by atoms with E-state index in [1.807, 2.05) is 41.2 Å². The van der Waals surface area contributed by atoms with Crippen molar-refractivity contribution >= 4 is 11.6 Å². The zero-order valence-corrected chi connectivity index (χ0v) is 16.6. The zero-order chi connectivity index (χ0) is 19.7. The van der Waals surface area contributed by atoms with Gasteiger partial charge in [0.1, 0.15) is 5.76 Å². The summed E-state index contributed by atoms with van der Waals surface area (Å²) >= 11 is 0. The summed E-state index contributed by atoms with van der Waals surface area (Å²) in [7, 11) is 0. The van der Waals surface area contributed by atoms with E-state index >= 15 is 0 Å². The SMILES string of the molecule is CC(C)(C)[C@@H]1CCc2onc(C(=O)Nc3cccc(Cn4cccn4)c3)c2C1. The maximum absolute atomic E-state index is 12.9. The molecule has 1 amide bonds. The van der Waals surface area contributed by atoms with Gasteiger partial charge in [-0.25, -0.2) is 0 Å². The van der Waals surface area contributed by atoms with Gasteiger partial charge >= 0.3 is 0 Å². The van der Waals surface area contributed by atoms with Crippen molar-refractivity contribution < 1.29 is 9.32 Å². The maximum atomic E-state index is 12.9. The number of benzene rings is 1. The first-order chi connectivity index (χ1) is 13.4. The summed E-state index contributed by atoms with van der Waals surface area (Å²) in [4.78, 5) is 12.9. The Kier molecular flexibility index (Phi) is 4.79. The fourth-order valence-corrected chi connectivity index (χ4v) is 3.84. The van der Waals surface area contributed by atoms with Crippen LogP contribution in [0.3, 0.4) is 0 Å². The molecule has 0 radical (unpaired) electrons. The minimum Gasteiger partial charge on any atom is -0.360 e. The summed E-state index contributed by atoms with van der Waals surface area (Å²) in [6.45, 7) is 7.41. The highest BCUT2D eigenvalue weighted by Gasteiger charge is 2.34. The number of aryl methyl sites for hydroxylation is 1. The Labute approximate surface area is 164 Å². The molecule has 2 heterocycles. The third-order valence-electron chi connectivity index (χ3n) is 5.57. The molecule has 3 aromatic rings. The van der Waals surface area contributed by atoms with Crippen molar-refractivity contribution in [2.45, 2.75) is 46.6 Å². The predicted molar refractivity (Wildman–Crippen MR) is 107 cm³/mol. The highest BCUT2D eigenvalue weighted by Crippen LogP contribution is 2.38. The van der Waals surface area contributed by atoms with Crippen molar-refractivity contribution in [3.05, 3.63) is 65.3 Å². The predicted octanol–water partition coefficient (Wildman–Crippen LogP) is 4.32. The van der Waals surface area contributed by atoms with Crippen LogP contribution in [0.5, 0.6) is 0 Å². The van der Waals surface area contributed by atoms with Crippen molar-refractivity contribution in [1.29, 1.82) is 0 Å². The zero-order valence-electron chi connectivity index (χ0n) is 16.6. The van der Waals surface area contributed by atoms with Gasteiger partial charge in [0.25, 0.3) is 5.91 Å². The molecule has 6 nitrogen and oxygen atoms in total. The Balaban J connectivity index is 1.50. The van der Waals surface area contributed by atoms with Gasteiger partial charge < -0.3 is 9.84 Å². The largest absolute Gasteiger partial charge is 0.360 e. The second kappa shape index (κ2) is 7.26. The van der Waals surface area contributed by atoms with E-state index in [0.717, 1.165) is 41.8 Å². The lowest BCUT2D eigenvalue weighted by Gasteiger charge is -2.33. The van der Waals surface area contributed by atoms with E-state index in [-0.39, 0.29) is 11.3 Å². The van der Waals surface area contributed by atoms with Crippen LogP contribution >= 0.6 is 0 Å². The van der Waals surface area contributed by atoms with Crippen LogP contribution in [0.2, 0.25) is 0 Å².